The topological polar surface area (TPSA) is 21.3 Å². The van der Waals surface area contributed by atoms with E-state index in [2.05, 4.69) is 24.4 Å². The first kappa shape index (κ1) is 10.1. The number of hydrogen-bond acceptors (Lipinski definition) is 2. The van der Waals surface area contributed by atoms with E-state index in [4.69, 9.17) is 4.74 Å². The van der Waals surface area contributed by atoms with Crippen molar-refractivity contribution in [2.75, 3.05) is 14.2 Å². The van der Waals surface area contributed by atoms with Gasteiger partial charge in [0.15, 0.2) is 0 Å². The molecule has 0 spiro atoms. The van der Waals surface area contributed by atoms with Gasteiger partial charge in [0.25, 0.3) is 0 Å². The molecule has 0 aliphatic heterocycles. The van der Waals surface area contributed by atoms with Gasteiger partial charge >= 0.3 is 0 Å². The molecule has 0 fully saturated rings. The minimum atomic E-state index is 0.450. The molecule has 2 nitrogen and oxygen atoms in total. The van der Waals surface area contributed by atoms with Gasteiger partial charge in [-0.15, -0.1) is 0 Å². The van der Waals surface area contributed by atoms with Crippen LogP contribution in [-0.2, 0) is 0 Å². The molecule has 2 heteroatoms. The van der Waals surface area contributed by atoms with Gasteiger partial charge in [-0.3, -0.25) is 0 Å². The van der Waals surface area contributed by atoms with Gasteiger partial charge < -0.3 is 10.1 Å². The van der Waals surface area contributed by atoms with Gasteiger partial charge in [-0.1, -0.05) is 19.1 Å². The highest BCUT2D eigenvalue weighted by Crippen LogP contribution is 2.19. The summed E-state index contributed by atoms with van der Waals surface area (Å²) in [5.74, 6) is 0.912. The van der Waals surface area contributed by atoms with E-state index in [9.17, 15) is 0 Å². The Kier molecular flexibility index (Phi) is 3.77. The van der Waals surface area contributed by atoms with Crippen LogP contribution in [0.3, 0.4) is 0 Å². The first-order valence-corrected chi connectivity index (χ1v) is 4.63. The fourth-order valence-corrected chi connectivity index (χ4v) is 1.44. The van der Waals surface area contributed by atoms with Gasteiger partial charge in [0, 0.05) is 6.04 Å². The van der Waals surface area contributed by atoms with Crippen molar-refractivity contribution >= 4 is 0 Å². The lowest BCUT2D eigenvalue weighted by atomic mass is 10.1. The van der Waals surface area contributed by atoms with Crippen molar-refractivity contribution in [1.29, 1.82) is 0 Å². The van der Waals surface area contributed by atoms with E-state index in [0.717, 1.165) is 12.2 Å². The first-order chi connectivity index (χ1) is 6.31. The number of benzene rings is 1. The van der Waals surface area contributed by atoms with Crippen LogP contribution in [0.4, 0.5) is 0 Å². The highest BCUT2D eigenvalue weighted by Gasteiger charge is 2.05. The number of methoxy groups -OCH3 is 1. The summed E-state index contributed by atoms with van der Waals surface area (Å²) in [4.78, 5) is 0. The predicted molar refractivity (Wildman–Crippen MR) is 55.1 cm³/mol. The Balaban J connectivity index is 2.78. The van der Waals surface area contributed by atoms with Crippen LogP contribution < -0.4 is 10.1 Å². The molecule has 0 saturated carbocycles. The van der Waals surface area contributed by atoms with E-state index in [-0.39, 0.29) is 0 Å². The van der Waals surface area contributed by atoms with Gasteiger partial charge in [-0.25, -0.2) is 0 Å². The second kappa shape index (κ2) is 4.87. The van der Waals surface area contributed by atoms with Crippen LogP contribution in [0.2, 0.25) is 0 Å². The third-order valence-corrected chi connectivity index (χ3v) is 2.27. The van der Waals surface area contributed by atoms with Gasteiger partial charge in [-0.2, -0.15) is 0 Å². The average molecular weight is 179 g/mol. The molecule has 0 bridgehead atoms. The molecule has 0 aliphatic carbocycles. The molecule has 0 amide bonds. The summed E-state index contributed by atoms with van der Waals surface area (Å²) < 4.78 is 5.10. The van der Waals surface area contributed by atoms with Crippen molar-refractivity contribution in [2.24, 2.45) is 0 Å². The maximum atomic E-state index is 5.10. The molecule has 1 aromatic rings. The minimum Gasteiger partial charge on any atom is -0.497 e. The summed E-state index contributed by atoms with van der Waals surface area (Å²) in [6.45, 7) is 2.17. The molecule has 0 heterocycles. The van der Waals surface area contributed by atoms with Crippen molar-refractivity contribution in [1.82, 2.24) is 5.32 Å². The first-order valence-electron chi connectivity index (χ1n) is 4.63. The largest absolute Gasteiger partial charge is 0.497 e. The van der Waals surface area contributed by atoms with E-state index in [1.54, 1.807) is 7.11 Å². The monoisotopic (exact) mass is 179 g/mol. The molecular formula is C11H17NO. The molecule has 0 aromatic heterocycles. The predicted octanol–water partition coefficient (Wildman–Crippen LogP) is 2.37. The lowest BCUT2D eigenvalue weighted by molar-refractivity contribution is 0.414. The second-order valence-electron chi connectivity index (χ2n) is 3.02. The van der Waals surface area contributed by atoms with Crippen molar-refractivity contribution in [3.63, 3.8) is 0 Å². The van der Waals surface area contributed by atoms with Crippen LogP contribution in [0.25, 0.3) is 0 Å². The molecule has 1 N–H and O–H groups in total. The van der Waals surface area contributed by atoms with Gasteiger partial charge in [-0.05, 0) is 31.2 Å². The zero-order valence-electron chi connectivity index (χ0n) is 8.50. The van der Waals surface area contributed by atoms with Crippen LogP contribution in [0, 0.1) is 0 Å². The minimum absolute atomic E-state index is 0.450. The molecule has 0 aliphatic rings. The van der Waals surface area contributed by atoms with Gasteiger partial charge in [0.05, 0.1) is 7.11 Å². The maximum Gasteiger partial charge on any atom is 0.118 e. The van der Waals surface area contributed by atoms with E-state index < -0.39 is 0 Å². The maximum absolute atomic E-state index is 5.10. The fourth-order valence-electron chi connectivity index (χ4n) is 1.44. The zero-order valence-corrected chi connectivity index (χ0v) is 8.50. The number of ether oxygens (including phenoxy) is 1. The molecule has 0 unspecified atom stereocenters. The Morgan fingerprint density at radius 1 is 1.31 bits per heavy atom. The number of rotatable bonds is 4. The standard InChI is InChI=1S/C11H17NO/c1-4-11(12-2)9-5-7-10(13-3)8-6-9/h5-8,11-12H,4H2,1-3H3/t11-/m1/s1. The Labute approximate surface area is 79.9 Å². The Bertz CT molecular complexity index is 239. The van der Waals surface area contributed by atoms with Crippen molar-refractivity contribution < 1.29 is 4.74 Å². The lowest BCUT2D eigenvalue weighted by Crippen LogP contribution is -2.14. The molecule has 13 heavy (non-hydrogen) atoms. The summed E-state index contributed by atoms with van der Waals surface area (Å²) >= 11 is 0. The third-order valence-electron chi connectivity index (χ3n) is 2.27. The molecule has 1 rings (SSSR count). The van der Waals surface area contributed by atoms with Crippen LogP contribution in [0.5, 0.6) is 5.75 Å². The number of nitrogens with one attached hydrogen (secondary N) is 1. The molecule has 0 saturated heterocycles. The Hall–Kier alpha value is -1.02. The fraction of sp³-hybridized carbons (Fsp3) is 0.455. The van der Waals surface area contributed by atoms with Gasteiger partial charge in [0.2, 0.25) is 0 Å². The molecular weight excluding hydrogens is 162 g/mol. The smallest absolute Gasteiger partial charge is 0.118 e. The lowest BCUT2D eigenvalue weighted by Gasteiger charge is -2.14. The molecule has 72 valence electrons. The van der Waals surface area contributed by atoms with Crippen molar-refractivity contribution in [3.8, 4) is 5.75 Å². The molecule has 1 atom stereocenters. The SMILES string of the molecule is CC[C@@H](NC)c1ccc(OC)cc1. The van der Waals surface area contributed by atoms with Crippen LogP contribution in [-0.4, -0.2) is 14.2 Å². The average Bonchev–Trinajstić information content (AvgIpc) is 2.21. The highest BCUT2D eigenvalue weighted by molar-refractivity contribution is 5.28. The second-order valence-corrected chi connectivity index (χ2v) is 3.02. The summed E-state index contributed by atoms with van der Waals surface area (Å²) in [7, 11) is 3.67. The third kappa shape index (κ3) is 2.46. The molecule has 1 aromatic carbocycles. The Morgan fingerprint density at radius 3 is 2.31 bits per heavy atom. The van der Waals surface area contributed by atoms with Crippen LogP contribution >= 0.6 is 0 Å². The number of hydrogen-bond donors (Lipinski definition) is 1. The van der Waals surface area contributed by atoms with Crippen molar-refractivity contribution in [2.45, 2.75) is 19.4 Å². The highest BCUT2D eigenvalue weighted by atomic mass is 16.5. The van der Waals surface area contributed by atoms with Crippen LogP contribution in [0.15, 0.2) is 24.3 Å². The quantitative estimate of drug-likeness (QED) is 0.766. The molecule has 0 radical (unpaired) electrons. The summed E-state index contributed by atoms with van der Waals surface area (Å²) in [6, 6.07) is 8.64. The van der Waals surface area contributed by atoms with Crippen molar-refractivity contribution in [3.05, 3.63) is 29.8 Å². The summed E-state index contributed by atoms with van der Waals surface area (Å²) in [5, 5.41) is 3.26. The van der Waals surface area contributed by atoms with E-state index in [1.807, 2.05) is 19.2 Å². The van der Waals surface area contributed by atoms with Gasteiger partial charge in [0.1, 0.15) is 5.75 Å². The Morgan fingerprint density at radius 2 is 1.92 bits per heavy atom. The van der Waals surface area contributed by atoms with E-state index >= 15 is 0 Å². The zero-order chi connectivity index (χ0) is 9.68. The summed E-state index contributed by atoms with van der Waals surface area (Å²) in [5.41, 5.74) is 1.31. The summed E-state index contributed by atoms with van der Waals surface area (Å²) in [6.07, 6.45) is 1.10. The normalized spacial score (nSPS) is 12.5. The van der Waals surface area contributed by atoms with E-state index in [1.165, 1.54) is 5.56 Å². The van der Waals surface area contributed by atoms with E-state index in [0.29, 0.717) is 6.04 Å². The van der Waals surface area contributed by atoms with Crippen LogP contribution in [0.1, 0.15) is 24.9 Å².